The van der Waals surface area contributed by atoms with Gasteiger partial charge in [0.2, 0.25) is 0 Å². The molecule has 0 saturated heterocycles. The van der Waals surface area contributed by atoms with Crippen LogP contribution in [0, 0.1) is 18.7 Å². The number of hydrogen-bond acceptors (Lipinski definition) is 2. The van der Waals surface area contributed by atoms with E-state index < -0.39 is 6.10 Å². The molecule has 0 spiro atoms. The van der Waals surface area contributed by atoms with Crippen LogP contribution in [0.2, 0.25) is 0 Å². The highest BCUT2D eigenvalue weighted by Crippen LogP contribution is 2.30. The van der Waals surface area contributed by atoms with Gasteiger partial charge in [-0.1, -0.05) is 13.8 Å². The molecule has 0 bridgehead atoms. The zero-order valence-electron chi connectivity index (χ0n) is 12.9. The van der Waals surface area contributed by atoms with Crippen LogP contribution in [-0.2, 0) is 0 Å². The Kier molecular flexibility index (Phi) is 5.36. The number of rotatable bonds is 5. The fraction of sp³-hybridized carbons (Fsp3) is 0.625. The first-order valence-electron chi connectivity index (χ1n) is 6.95. The molecule has 1 unspecified atom stereocenters. The van der Waals surface area contributed by atoms with Gasteiger partial charge in [0.25, 0.3) is 0 Å². The molecule has 2 nitrogen and oxygen atoms in total. The third kappa shape index (κ3) is 3.93. The van der Waals surface area contributed by atoms with Crippen LogP contribution in [0.15, 0.2) is 12.1 Å². The second-order valence-corrected chi connectivity index (χ2v) is 5.93. The molecule has 1 aromatic rings. The zero-order valence-corrected chi connectivity index (χ0v) is 12.9. The number of aliphatic hydroxyl groups is 1. The van der Waals surface area contributed by atoms with Crippen LogP contribution >= 0.6 is 0 Å². The molecule has 1 rings (SSSR count). The lowest BCUT2D eigenvalue weighted by Crippen LogP contribution is -2.31. The van der Waals surface area contributed by atoms with Crippen molar-refractivity contribution in [2.75, 3.05) is 11.9 Å². The van der Waals surface area contributed by atoms with Crippen LogP contribution in [0.1, 0.15) is 51.3 Å². The van der Waals surface area contributed by atoms with Gasteiger partial charge in [0.15, 0.2) is 0 Å². The molecule has 0 aromatic heterocycles. The molecule has 0 aliphatic rings. The van der Waals surface area contributed by atoms with E-state index in [-0.39, 0.29) is 5.82 Å². The summed E-state index contributed by atoms with van der Waals surface area (Å²) in [6.45, 7) is 9.97. The van der Waals surface area contributed by atoms with Gasteiger partial charge in [-0.25, -0.2) is 4.39 Å². The highest BCUT2D eigenvalue weighted by Gasteiger charge is 2.18. The summed E-state index contributed by atoms with van der Waals surface area (Å²) in [5.74, 6) is 0.346. The lowest BCUT2D eigenvalue weighted by molar-refractivity contribution is 0.199. The summed E-state index contributed by atoms with van der Waals surface area (Å²) in [5, 5.41) is 9.84. The van der Waals surface area contributed by atoms with Crippen molar-refractivity contribution in [3.63, 3.8) is 0 Å². The molecule has 3 heteroatoms. The largest absolute Gasteiger partial charge is 0.389 e. The monoisotopic (exact) mass is 267 g/mol. The second-order valence-electron chi connectivity index (χ2n) is 5.93. The maximum atomic E-state index is 13.7. The first kappa shape index (κ1) is 16.0. The van der Waals surface area contributed by atoms with Crippen molar-refractivity contribution in [3.05, 3.63) is 29.1 Å². The van der Waals surface area contributed by atoms with E-state index in [1.54, 1.807) is 13.8 Å². The number of aryl methyl sites for hydroxylation is 1. The van der Waals surface area contributed by atoms with Crippen LogP contribution in [0.3, 0.4) is 0 Å². The summed E-state index contributed by atoms with van der Waals surface area (Å²) >= 11 is 0. The first-order chi connectivity index (χ1) is 8.73. The summed E-state index contributed by atoms with van der Waals surface area (Å²) in [6, 6.07) is 3.63. The van der Waals surface area contributed by atoms with Crippen molar-refractivity contribution in [3.8, 4) is 0 Å². The van der Waals surface area contributed by atoms with E-state index in [2.05, 4.69) is 25.7 Å². The number of benzene rings is 1. The molecule has 0 heterocycles. The fourth-order valence-electron chi connectivity index (χ4n) is 2.40. The topological polar surface area (TPSA) is 23.5 Å². The first-order valence-corrected chi connectivity index (χ1v) is 6.95. The molecule has 2 atom stereocenters. The van der Waals surface area contributed by atoms with Crippen molar-refractivity contribution >= 4 is 5.69 Å². The standard InChI is InChI=1S/C16H26FNO/c1-10(2)7-12(4)18(6)16-8-11(3)15(17)9-14(16)13(5)19/h8-10,12-13,19H,7H2,1-6H3/t12?,13-/m1/s1. The van der Waals surface area contributed by atoms with Crippen molar-refractivity contribution in [2.24, 2.45) is 5.92 Å². The van der Waals surface area contributed by atoms with Crippen molar-refractivity contribution < 1.29 is 9.50 Å². The highest BCUT2D eigenvalue weighted by atomic mass is 19.1. The van der Waals surface area contributed by atoms with Gasteiger partial charge in [-0.05, 0) is 50.8 Å². The highest BCUT2D eigenvalue weighted by molar-refractivity contribution is 5.56. The Balaban J connectivity index is 3.13. The lowest BCUT2D eigenvalue weighted by atomic mass is 10.00. The number of halogens is 1. The predicted molar refractivity (Wildman–Crippen MR) is 79.1 cm³/mol. The predicted octanol–water partition coefficient (Wildman–Crippen LogP) is 4.06. The Labute approximate surface area is 116 Å². The average Bonchev–Trinajstić information content (AvgIpc) is 2.29. The molecule has 1 aromatic carbocycles. The average molecular weight is 267 g/mol. The van der Waals surface area contributed by atoms with Gasteiger partial charge >= 0.3 is 0 Å². The van der Waals surface area contributed by atoms with Crippen molar-refractivity contribution in [1.29, 1.82) is 0 Å². The maximum Gasteiger partial charge on any atom is 0.126 e. The van der Waals surface area contributed by atoms with Gasteiger partial charge in [-0.3, -0.25) is 0 Å². The molecule has 19 heavy (non-hydrogen) atoms. The van der Waals surface area contributed by atoms with E-state index in [4.69, 9.17) is 0 Å². The normalized spacial score (nSPS) is 14.6. The van der Waals surface area contributed by atoms with E-state index >= 15 is 0 Å². The Morgan fingerprint density at radius 3 is 2.26 bits per heavy atom. The van der Waals surface area contributed by atoms with Crippen molar-refractivity contribution in [1.82, 2.24) is 0 Å². The fourth-order valence-corrected chi connectivity index (χ4v) is 2.40. The molecule has 0 fully saturated rings. The molecule has 0 aliphatic carbocycles. The Hall–Kier alpha value is -1.09. The molecule has 0 radical (unpaired) electrons. The van der Waals surface area contributed by atoms with Gasteiger partial charge in [-0.2, -0.15) is 0 Å². The van der Waals surface area contributed by atoms with Crippen LogP contribution in [0.25, 0.3) is 0 Å². The number of anilines is 1. The minimum Gasteiger partial charge on any atom is -0.389 e. The summed E-state index contributed by atoms with van der Waals surface area (Å²) in [6.07, 6.45) is 0.394. The molecule has 0 amide bonds. The zero-order chi connectivity index (χ0) is 14.7. The maximum absolute atomic E-state index is 13.7. The van der Waals surface area contributed by atoms with E-state index in [9.17, 15) is 9.50 Å². The molecular weight excluding hydrogens is 241 g/mol. The minimum absolute atomic E-state index is 0.260. The summed E-state index contributed by atoms with van der Waals surface area (Å²) in [7, 11) is 2.01. The van der Waals surface area contributed by atoms with E-state index in [0.717, 1.165) is 12.1 Å². The molecule has 108 valence electrons. The summed E-state index contributed by atoms with van der Waals surface area (Å²) in [5.41, 5.74) is 2.19. The summed E-state index contributed by atoms with van der Waals surface area (Å²) in [4.78, 5) is 2.13. The number of hydrogen-bond donors (Lipinski definition) is 1. The number of aliphatic hydroxyl groups excluding tert-OH is 1. The Morgan fingerprint density at radius 1 is 1.21 bits per heavy atom. The Bertz CT molecular complexity index is 429. The smallest absolute Gasteiger partial charge is 0.126 e. The van der Waals surface area contributed by atoms with Gasteiger partial charge in [0, 0.05) is 24.3 Å². The third-order valence-electron chi connectivity index (χ3n) is 3.61. The SMILES string of the molecule is Cc1cc(N(C)C(C)CC(C)C)c([C@@H](C)O)cc1F. The van der Waals surface area contributed by atoms with Gasteiger partial charge < -0.3 is 10.0 Å². The Morgan fingerprint density at radius 2 is 1.79 bits per heavy atom. The van der Waals surface area contributed by atoms with Crippen molar-refractivity contribution in [2.45, 2.75) is 53.2 Å². The summed E-state index contributed by atoms with van der Waals surface area (Å²) < 4.78 is 13.7. The molecule has 0 saturated carbocycles. The molecular formula is C16H26FNO. The molecule has 1 N–H and O–H groups in total. The third-order valence-corrected chi connectivity index (χ3v) is 3.61. The molecule has 0 aliphatic heterocycles. The van der Waals surface area contributed by atoms with E-state index in [1.165, 1.54) is 6.07 Å². The quantitative estimate of drug-likeness (QED) is 0.869. The van der Waals surface area contributed by atoms with Gasteiger partial charge in [0.1, 0.15) is 5.82 Å². The van der Waals surface area contributed by atoms with Gasteiger partial charge in [0.05, 0.1) is 6.10 Å². The number of nitrogens with zero attached hydrogens (tertiary/aromatic N) is 1. The van der Waals surface area contributed by atoms with Crippen LogP contribution in [0.5, 0.6) is 0 Å². The minimum atomic E-state index is -0.668. The van der Waals surface area contributed by atoms with Gasteiger partial charge in [-0.15, -0.1) is 0 Å². The lowest BCUT2D eigenvalue weighted by Gasteiger charge is -2.31. The van der Waals surface area contributed by atoms with Crippen LogP contribution in [-0.4, -0.2) is 18.2 Å². The van der Waals surface area contributed by atoms with E-state index in [0.29, 0.717) is 23.1 Å². The second kappa shape index (κ2) is 6.38. The van der Waals surface area contributed by atoms with E-state index in [1.807, 2.05) is 13.1 Å². The van der Waals surface area contributed by atoms with Crippen LogP contribution < -0.4 is 4.90 Å². The van der Waals surface area contributed by atoms with Crippen LogP contribution in [0.4, 0.5) is 10.1 Å².